The van der Waals surface area contributed by atoms with E-state index in [1.165, 1.54) is 32.9 Å². The summed E-state index contributed by atoms with van der Waals surface area (Å²) in [6, 6.07) is 6.25. The van der Waals surface area contributed by atoms with Crippen molar-refractivity contribution in [2.75, 3.05) is 26.3 Å². The van der Waals surface area contributed by atoms with Crippen LogP contribution in [-0.2, 0) is 24.1 Å². The van der Waals surface area contributed by atoms with Gasteiger partial charge in [-0.05, 0) is 61.9 Å². The third kappa shape index (κ3) is 3.41. The Hall–Kier alpha value is -2.02. The van der Waals surface area contributed by atoms with Gasteiger partial charge in [-0.25, -0.2) is 4.98 Å². The Bertz CT molecular complexity index is 1020. The Morgan fingerprint density at radius 1 is 1.11 bits per heavy atom. The number of nitrogens with zero attached hydrogens (tertiary/aromatic N) is 2. The Balaban J connectivity index is 1.54. The van der Waals surface area contributed by atoms with E-state index in [2.05, 4.69) is 26.0 Å². The fourth-order valence-electron chi connectivity index (χ4n) is 4.11. The quantitative estimate of drug-likeness (QED) is 0.737. The summed E-state index contributed by atoms with van der Waals surface area (Å²) in [5.41, 5.74) is 3.91. The third-order valence-electron chi connectivity index (χ3n) is 5.88. The van der Waals surface area contributed by atoms with E-state index in [-0.39, 0.29) is 0 Å². The molecule has 1 saturated heterocycles. The summed E-state index contributed by atoms with van der Waals surface area (Å²) in [4.78, 5) is 13.9. The molecule has 0 amide bonds. The molecule has 0 saturated carbocycles. The van der Waals surface area contributed by atoms with Crippen LogP contribution in [-0.4, -0.2) is 36.3 Å². The van der Waals surface area contributed by atoms with E-state index in [0.29, 0.717) is 0 Å². The minimum Gasteiger partial charge on any atom is -0.438 e. The van der Waals surface area contributed by atoms with E-state index in [0.717, 1.165) is 73.4 Å². The van der Waals surface area contributed by atoms with E-state index < -0.39 is 0 Å². The highest BCUT2D eigenvalue weighted by atomic mass is 32.1. The summed E-state index contributed by atoms with van der Waals surface area (Å²) in [6.45, 7) is 8.72. The number of quaternary nitrogens is 1. The van der Waals surface area contributed by atoms with Gasteiger partial charge in [0, 0.05) is 4.88 Å². The number of benzene rings is 1. The molecule has 5 nitrogen and oxygen atoms in total. The van der Waals surface area contributed by atoms with E-state index in [9.17, 15) is 0 Å². The molecule has 5 rings (SSSR count). The number of aromatic nitrogens is 2. The second kappa shape index (κ2) is 7.43. The molecule has 0 atom stereocenters. The highest BCUT2D eigenvalue weighted by Crippen LogP contribution is 2.41. The highest BCUT2D eigenvalue weighted by molar-refractivity contribution is 7.19. The summed E-state index contributed by atoms with van der Waals surface area (Å²) in [5, 5.41) is 1.14. The molecule has 1 aliphatic carbocycles. The van der Waals surface area contributed by atoms with Gasteiger partial charge >= 0.3 is 0 Å². The lowest BCUT2D eigenvalue weighted by Gasteiger charge is -2.23. The van der Waals surface area contributed by atoms with Crippen LogP contribution in [0.3, 0.4) is 0 Å². The maximum atomic E-state index is 6.36. The van der Waals surface area contributed by atoms with Crippen molar-refractivity contribution in [2.45, 2.75) is 39.7 Å². The molecule has 3 aromatic rings. The first-order valence-electron chi connectivity index (χ1n) is 10.1. The molecule has 1 aliphatic heterocycles. The Morgan fingerprint density at radius 2 is 1.96 bits per heavy atom. The first kappa shape index (κ1) is 18.0. The molecule has 1 fully saturated rings. The Labute approximate surface area is 169 Å². The highest BCUT2D eigenvalue weighted by Gasteiger charge is 2.25. The van der Waals surface area contributed by atoms with Crippen molar-refractivity contribution in [2.24, 2.45) is 0 Å². The van der Waals surface area contributed by atoms with Crippen molar-refractivity contribution in [1.29, 1.82) is 0 Å². The average molecular weight is 397 g/mol. The minimum absolute atomic E-state index is 0.732. The molecule has 0 bridgehead atoms. The van der Waals surface area contributed by atoms with Gasteiger partial charge in [0.25, 0.3) is 0 Å². The predicted octanol–water partition coefficient (Wildman–Crippen LogP) is 3.00. The lowest BCUT2D eigenvalue weighted by atomic mass is 10.1. The molecule has 0 radical (unpaired) electrons. The zero-order chi connectivity index (χ0) is 19.1. The van der Waals surface area contributed by atoms with E-state index in [4.69, 9.17) is 19.4 Å². The fraction of sp³-hybridized carbons (Fsp3) is 0.455. The fourth-order valence-corrected chi connectivity index (χ4v) is 5.38. The molecule has 0 spiro atoms. The number of rotatable bonds is 4. The number of thiophene rings is 1. The van der Waals surface area contributed by atoms with Crippen molar-refractivity contribution in [3.05, 3.63) is 45.6 Å². The summed E-state index contributed by atoms with van der Waals surface area (Å²) in [7, 11) is 0. The van der Waals surface area contributed by atoms with Gasteiger partial charge in [-0.1, -0.05) is 6.07 Å². The summed E-state index contributed by atoms with van der Waals surface area (Å²) in [5.74, 6) is 2.46. The van der Waals surface area contributed by atoms with Gasteiger partial charge in [-0.15, -0.1) is 11.3 Å². The van der Waals surface area contributed by atoms with Gasteiger partial charge < -0.3 is 14.4 Å². The molecule has 2 aromatic heterocycles. The Kier molecular flexibility index (Phi) is 4.78. The van der Waals surface area contributed by atoms with Crippen LogP contribution in [0.15, 0.2) is 18.2 Å². The molecule has 2 aliphatic rings. The second-order valence-corrected chi connectivity index (χ2v) is 8.95. The van der Waals surface area contributed by atoms with E-state index in [1.807, 2.05) is 17.4 Å². The number of nitrogens with one attached hydrogen (secondary N) is 1. The van der Waals surface area contributed by atoms with Crippen LogP contribution in [0.2, 0.25) is 0 Å². The maximum Gasteiger partial charge on any atom is 0.231 e. The van der Waals surface area contributed by atoms with Gasteiger partial charge in [-0.3, -0.25) is 0 Å². The number of fused-ring (bicyclic) bond motifs is 3. The topological polar surface area (TPSA) is 48.7 Å². The van der Waals surface area contributed by atoms with Crippen LogP contribution in [0.5, 0.6) is 11.6 Å². The molecular formula is C22H26N3O2S+. The van der Waals surface area contributed by atoms with E-state index >= 15 is 0 Å². The summed E-state index contributed by atoms with van der Waals surface area (Å²) in [6.07, 6.45) is 3.49. The van der Waals surface area contributed by atoms with Crippen LogP contribution in [0.25, 0.3) is 10.2 Å². The number of hydrogen-bond acceptors (Lipinski definition) is 5. The van der Waals surface area contributed by atoms with Crippen LogP contribution < -0.4 is 9.64 Å². The average Bonchev–Trinajstić information content (AvgIpc) is 3.26. The van der Waals surface area contributed by atoms with Crippen molar-refractivity contribution >= 4 is 21.6 Å². The summed E-state index contributed by atoms with van der Waals surface area (Å²) >= 11 is 1.83. The van der Waals surface area contributed by atoms with E-state index in [1.54, 1.807) is 0 Å². The Morgan fingerprint density at radius 3 is 2.79 bits per heavy atom. The van der Waals surface area contributed by atoms with Crippen LogP contribution in [0.1, 0.15) is 33.8 Å². The van der Waals surface area contributed by atoms with Crippen LogP contribution in [0, 0.1) is 13.8 Å². The van der Waals surface area contributed by atoms with Crippen LogP contribution in [0.4, 0.5) is 0 Å². The standard InChI is InChI=1S/C22H25N3O2S/c1-14-6-7-16(12-15(14)2)27-21-20-17-4-3-5-18(17)28-22(20)24-19(23-21)13-25-8-10-26-11-9-25/h6-7,12H,3-5,8-11,13H2,1-2H3/p+1. The van der Waals surface area contributed by atoms with Crippen molar-refractivity contribution in [1.82, 2.24) is 9.97 Å². The van der Waals surface area contributed by atoms with Gasteiger partial charge in [0.15, 0.2) is 5.82 Å². The minimum atomic E-state index is 0.732. The normalized spacial score (nSPS) is 17.2. The molecule has 6 heteroatoms. The van der Waals surface area contributed by atoms with Crippen LogP contribution >= 0.6 is 11.3 Å². The number of aryl methyl sites for hydroxylation is 4. The van der Waals surface area contributed by atoms with Gasteiger partial charge in [0.05, 0.1) is 18.6 Å². The van der Waals surface area contributed by atoms with Crippen molar-refractivity contribution in [3.63, 3.8) is 0 Å². The van der Waals surface area contributed by atoms with Gasteiger partial charge in [0.2, 0.25) is 5.88 Å². The van der Waals surface area contributed by atoms with Crippen molar-refractivity contribution < 1.29 is 14.4 Å². The molecular weight excluding hydrogens is 370 g/mol. The van der Waals surface area contributed by atoms with Gasteiger partial charge in [-0.2, -0.15) is 4.98 Å². The monoisotopic (exact) mass is 396 g/mol. The largest absolute Gasteiger partial charge is 0.438 e. The van der Waals surface area contributed by atoms with Gasteiger partial charge in [0.1, 0.15) is 30.2 Å². The smallest absolute Gasteiger partial charge is 0.231 e. The maximum absolute atomic E-state index is 6.36. The number of morpholine rings is 1. The zero-order valence-corrected chi connectivity index (χ0v) is 17.3. The lowest BCUT2D eigenvalue weighted by molar-refractivity contribution is -0.922. The first-order valence-corrected chi connectivity index (χ1v) is 11.0. The molecule has 146 valence electrons. The third-order valence-corrected chi connectivity index (χ3v) is 7.06. The molecule has 3 heterocycles. The first-order chi connectivity index (χ1) is 13.7. The lowest BCUT2D eigenvalue weighted by Crippen LogP contribution is -3.12. The summed E-state index contributed by atoms with van der Waals surface area (Å²) < 4.78 is 11.9. The molecule has 1 aromatic carbocycles. The molecule has 1 N–H and O–H groups in total. The van der Waals surface area contributed by atoms with Crippen molar-refractivity contribution in [3.8, 4) is 11.6 Å². The predicted molar refractivity (Wildman–Crippen MR) is 111 cm³/mol. The molecule has 0 unspecified atom stereocenters. The second-order valence-electron chi connectivity index (χ2n) is 7.87. The number of ether oxygens (including phenoxy) is 2. The number of hydrogen-bond donors (Lipinski definition) is 1. The SMILES string of the molecule is Cc1ccc(Oc2nc(C[NH+]3CCOCC3)nc3sc4c(c23)CCC4)cc1C. The zero-order valence-electron chi connectivity index (χ0n) is 16.5. The molecule has 28 heavy (non-hydrogen) atoms.